The summed E-state index contributed by atoms with van der Waals surface area (Å²) in [5.41, 5.74) is 1.91. The molecule has 1 saturated heterocycles. The van der Waals surface area contributed by atoms with Crippen molar-refractivity contribution < 1.29 is 4.79 Å². The molecule has 3 rings (SSSR count). The van der Waals surface area contributed by atoms with Crippen molar-refractivity contribution in [3.63, 3.8) is 0 Å². The van der Waals surface area contributed by atoms with Gasteiger partial charge in [0.15, 0.2) is 0 Å². The number of amides is 2. The fraction of sp³-hybridized carbons (Fsp3) is 0.267. The highest BCUT2D eigenvalue weighted by Gasteiger charge is 2.29. The number of aromatic nitrogens is 2. The molecule has 1 aliphatic heterocycles. The molecule has 1 unspecified atom stereocenters. The van der Waals surface area contributed by atoms with Crippen LogP contribution < -0.4 is 5.32 Å². The molecule has 0 spiro atoms. The predicted octanol–water partition coefficient (Wildman–Crippen LogP) is 2.85. The van der Waals surface area contributed by atoms with Crippen LogP contribution in [0, 0.1) is 0 Å². The van der Waals surface area contributed by atoms with Gasteiger partial charge < -0.3 is 10.2 Å². The number of rotatable bonds is 2. The van der Waals surface area contributed by atoms with Gasteiger partial charge in [0.25, 0.3) is 0 Å². The van der Waals surface area contributed by atoms with Crippen molar-refractivity contribution in [2.24, 2.45) is 0 Å². The van der Waals surface area contributed by atoms with Gasteiger partial charge in [0.05, 0.1) is 6.04 Å². The van der Waals surface area contributed by atoms with Crippen molar-refractivity contribution in [1.82, 2.24) is 14.9 Å². The number of carbonyl (C=O) groups is 1. The molecule has 2 aromatic rings. The largest absolute Gasteiger partial charge is 0.322 e. The molecule has 0 aromatic carbocycles. The van der Waals surface area contributed by atoms with Gasteiger partial charge in [-0.15, -0.1) is 0 Å². The highest BCUT2D eigenvalue weighted by atomic mass is 16.2. The zero-order chi connectivity index (χ0) is 13.8. The normalized spacial score (nSPS) is 18.0. The highest BCUT2D eigenvalue weighted by Crippen LogP contribution is 2.31. The highest BCUT2D eigenvalue weighted by molar-refractivity contribution is 5.89. The Balaban J connectivity index is 1.74. The number of urea groups is 1. The minimum Gasteiger partial charge on any atom is -0.317 e. The van der Waals surface area contributed by atoms with E-state index in [1.165, 1.54) is 0 Å². The number of nitrogens with one attached hydrogen (secondary N) is 1. The van der Waals surface area contributed by atoms with Crippen molar-refractivity contribution in [2.75, 3.05) is 11.9 Å². The summed E-state index contributed by atoms with van der Waals surface area (Å²) < 4.78 is 0. The van der Waals surface area contributed by atoms with E-state index in [9.17, 15) is 4.79 Å². The molecule has 0 bridgehead atoms. The number of hydrogen-bond donors (Lipinski definition) is 1. The van der Waals surface area contributed by atoms with Crippen LogP contribution in [0.1, 0.15) is 24.4 Å². The van der Waals surface area contributed by atoms with Crippen molar-refractivity contribution in [1.29, 1.82) is 0 Å². The Morgan fingerprint density at radius 1 is 1.10 bits per heavy atom. The van der Waals surface area contributed by atoms with E-state index in [-0.39, 0.29) is 12.1 Å². The third kappa shape index (κ3) is 2.61. The van der Waals surface area contributed by atoms with Crippen LogP contribution in [0.25, 0.3) is 0 Å². The van der Waals surface area contributed by atoms with E-state index in [4.69, 9.17) is 0 Å². The van der Waals surface area contributed by atoms with Crippen LogP contribution >= 0.6 is 0 Å². The molecule has 102 valence electrons. The first-order valence-electron chi connectivity index (χ1n) is 6.72. The molecule has 5 nitrogen and oxygen atoms in total. The molecule has 1 aliphatic rings. The van der Waals surface area contributed by atoms with Gasteiger partial charge in [-0.3, -0.25) is 9.97 Å². The van der Waals surface area contributed by atoms with Crippen molar-refractivity contribution >= 4 is 11.7 Å². The maximum absolute atomic E-state index is 12.4. The second-order valence-corrected chi connectivity index (χ2v) is 4.80. The lowest BCUT2D eigenvalue weighted by Crippen LogP contribution is -2.34. The monoisotopic (exact) mass is 268 g/mol. The van der Waals surface area contributed by atoms with E-state index in [2.05, 4.69) is 15.3 Å². The number of carbonyl (C=O) groups excluding carboxylic acids is 1. The third-order valence-corrected chi connectivity index (χ3v) is 3.54. The van der Waals surface area contributed by atoms with Crippen molar-refractivity contribution in [2.45, 2.75) is 18.9 Å². The van der Waals surface area contributed by atoms with E-state index >= 15 is 0 Å². The van der Waals surface area contributed by atoms with Gasteiger partial charge in [-0.2, -0.15) is 0 Å². The molecule has 1 N–H and O–H groups in total. The number of nitrogens with zero attached hydrogens (tertiary/aromatic N) is 3. The molecule has 2 aromatic heterocycles. The van der Waals surface area contributed by atoms with Gasteiger partial charge in [0.1, 0.15) is 0 Å². The van der Waals surface area contributed by atoms with Gasteiger partial charge in [0, 0.05) is 37.0 Å². The molecule has 5 heteroatoms. The Morgan fingerprint density at radius 2 is 1.75 bits per heavy atom. The fourth-order valence-corrected chi connectivity index (χ4v) is 2.57. The van der Waals surface area contributed by atoms with E-state index in [0.717, 1.165) is 30.6 Å². The average Bonchev–Trinajstić information content (AvgIpc) is 2.99. The molecule has 20 heavy (non-hydrogen) atoms. The van der Waals surface area contributed by atoms with Gasteiger partial charge in [-0.25, -0.2) is 4.79 Å². The predicted molar refractivity (Wildman–Crippen MR) is 76.2 cm³/mol. The lowest BCUT2D eigenvalue weighted by Gasteiger charge is -2.25. The quantitative estimate of drug-likeness (QED) is 0.911. The number of likely N-dealkylation sites (tertiary alicyclic amines) is 1. The molecule has 1 fully saturated rings. The fourth-order valence-electron chi connectivity index (χ4n) is 2.57. The topological polar surface area (TPSA) is 58.1 Å². The van der Waals surface area contributed by atoms with Gasteiger partial charge in [0.2, 0.25) is 0 Å². The Labute approximate surface area is 117 Å². The maximum Gasteiger partial charge on any atom is 0.322 e. The summed E-state index contributed by atoms with van der Waals surface area (Å²) in [6.45, 7) is 0.782. The van der Waals surface area contributed by atoms with Crippen molar-refractivity contribution in [3.8, 4) is 0 Å². The number of hydrogen-bond acceptors (Lipinski definition) is 3. The van der Waals surface area contributed by atoms with E-state index in [0.29, 0.717) is 0 Å². The van der Waals surface area contributed by atoms with Gasteiger partial charge >= 0.3 is 6.03 Å². The minimum absolute atomic E-state index is 0.0597. The third-order valence-electron chi connectivity index (χ3n) is 3.54. The molecule has 3 heterocycles. The summed E-state index contributed by atoms with van der Waals surface area (Å²) in [5.74, 6) is 0. The summed E-state index contributed by atoms with van der Waals surface area (Å²) in [5, 5.41) is 2.91. The first-order chi connectivity index (χ1) is 9.84. The molecule has 0 saturated carbocycles. The summed E-state index contributed by atoms with van der Waals surface area (Å²) >= 11 is 0. The summed E-state index contributed by atoms with van der Waals surface area (Å²) in [6.07, 6.45) is 8.89. The van der Waals surface area contributed by atoms with Gasteiger partial charge in [-0.05, 0) is 42.7 Å². The number of anilines is 1. The van der Waals surface area contributed by atoms with Crippen LogP contribution in [0.15, 0.2) is 49.1 Å². The van der Waals surface area contributed by atoms with Crippen LogP contribution in [0.3, 0.4) is 0 Å². The first kappa shape index (κ1) is 12.6. The second kappa shape index (κ2) is 5.69. The Hall–Kier alpha value is -2.43. The molecule has 1 atom stereocenters. The van der Waals surface area contributed by atoms with Crippen LogP contribution in [-0.2, 0) is 0 Å². The standard InChI is InChI=1S/C15H16N4O/c20-15(18-13-5-9-17-10-6-13)19-11-1-2-14(19)12-3-7-16-8-4-12/h3-10,14H,1-2,11H2,(H,17,18,20). The van der Waals surface area contributed by atoms with Crippen LogP contribution in [-0.4, -0.2) is 27.4 Å². The zero-order valence-corrected chi connectivity index (χ0v) is 11.1. The average molecular weight is 268 g/mol. The van der Waals surface area contributed by atoms with Crippen LogP contribution in [0.4, 0.5) is 10.5 Å². The van der Waals surface area contributed by atoms with E-state index in [1.54, 1.807) is 36.9 Å². The minimum atomic E-state index is -0.0597. The summed E-state index contributed by atoms with van der Waals surface area (Å²) in [7, 11) is 0. The van der Waals surface area contributed by atoms with Crippen LogP contribution in [0.5, 0.6) is 0 Å². The molecule has 0 aliphatic carbocycles. The Bertz CT molecular complexity index is 573. The molecule has 2 amide bonds. The SMILES string of the molecule is O=C(Nc1ccncc1)N1CCCC1c1ccncc1. The van der Waals surface area contributed by atoms with Crippen LogP contribution in [0.2, 0.25) is 0 Å². The maximum atomic E-state index is 12.4. The smallest absolute Gasteiger partial charge is 0.317 e. The molecular weight excluding hydrogens is 252 g/mol. The second-order valence-electron chi connectivity index (χ2n) is 4.80. The lowest BCUT2D eigenvalue weighted by molar-refractivity contribution is 0.207. The number of pyridine rings is 2. The van der Waals surface area contributed by atoms with Crippen molar-refractivity contribution in [3.05, 3.63) is 54.6 Å². The zero-order valence-electron chi connectivity index (χ0n) is 11.1. The lowest BCUT2D eigenvalue weighted by atomic mass is 10.1. The Morgan fingerprint density at radius 3 is 2.45 bits per heavy atom. The molecular formula is C15H16N4O. The summed E-state index contributed by atoms with van der Waals surface area (Å²) in [6, 6.07) is 7.60. The first-order valence-corrected chi connectivity index (χ1v) is 6.72. The molecule has 0 radical (unpaired) electrons. The van der Waals surface area contributed by atoms with E-state index in [1.807, 2.05) is 17.0 Å². The van der Waals surface area contributed by atoms with E-state index < -0.39 is 0 Å². The van der Waals surface area contributed by atoms with Gasteiger partial charge in [-0.1, -0.05) is 0 Å². The summed E-state index contributed by atoms with van der Waals surface area (Å²) in [4.78, 5) is 22.2. The Kier molecular flexibility index (Phi) is 3.58.